The number of hydrogen-bond acceptors (Lipinski definition) is 4. The van der Waals surface area contributed by atoms with E-state index in [0.29, 0.717) is 30.7 Å². The molecule has 114 valence electrons. The summed E-state index contributed by atoms with van der Waals surface area (Å²) in [5, 5.41) is 6.52. The van der Waals surface area contributed by atoms with Gasteiger partial charge < -0.3 is 5.32 Å². The van der Waals surface area contributed by atoms with Gasteiger partial charge in [-0.25, -0.2) is 8.42 Å². The molecule has 0 unspecified atom stereocenters. The van der Waals surface area contributed by atoms with Gasteiger partial charge >= 0.3 is 6.18 Å². The SMILES string of the molecule is O=S(=O)(c1cnn(CC(F)(F)F)c1)N1CCCNCC1. The average Bonchev–Trinajstić information content (AvgIpc) is 2.63. The topological polar surface area (TPSA) is 67.2 Å². The van der Waals surface area contributed by atoms with Gasteiger partial charge in [-0.1, -0.05) is 0 Å². The zero-order chi connectivity index (χ0) is 14.8. The largest absolute Gasteiger partial charge is 0.408 e. The lowest BCUT2D eigenvalue weighted by Crippen LogP contribution is -2.34. The number of rotatable bonds is 3. The second-order valence-corrected chi connectivity index (χ2v) is 6.43. The maximum Gasteiger partial charge on any atom is 0.408 e. The van der Waals surface area contributed by atoms with Crippen LogP contribution in [-0.2, 0) is 16.6 Å². The summed E-state index contributed by atoms with van der Waals surface area (Å²) in [5.74, 6) is 0. The molecule has 0 aromatic carbocycles. The van der Waals surface area contributed by atoms with E-state index in [0.717, 1.165) is 18.9 Å². The van der Waals surface area contributed by atoms with Crippen LogP contribution >= 0.6 is 0 Å². The first-order valence-electron chi connectivity index (χ1n) is 6.09. The highest BCUT2D eigenvalue weighted by Crippen LogP contribution is 2.20. The molecule has 1 aliphatic heterocycles. The van der Waals surface area contributed by atoms with Crippen molar-refractivity contribution in [3.8, 4) is 0 Å². The molecule has 1 aromatic rings. The summed E-state index contributed by atoms with van der Waals surface area (Å²) in [6, 6.07) is 0. The summed E-state index contributed by atoms with van der Waals surface area (Å²) in [4.78, 5) is -0.205. The fraction of sp³-hybridized carbons (Fsp3) is 0.700. The van der Waals surface area contributed by atoms with E-state index in [1.54, 1.807) is 0 Å². The van der Waals surface area contributed by atoms with E-state index in [1.807, 2.05) is 0 Å². The normalized spacial score (nSPS) is 18.9. The molecule has 0 radical (unpaired) electrons. The van der Waals surface area contributed by atoms with E-state index in [4.69, 9.17) is 0 Å². The van der Waals surface area contributed by atoms with Crippen LogP contribution in [0.25, 0.3) is 0 Å². The van der Waals surface area contributed by atoms with E-state index < -0.39 is 22.7 Å². The van der Waals surface area contributed by atoms with E-state index in [2.05, 4.69) is 10.4 Å². The Kier molecular flexibility index (Phi) is 4.35. The van der Waals surface area contributed by atoms with Crippen LogP contribution in [0.5, 0.6) is 0 Å². The summed E-state index contributed by atoms with van der Waals surface area (Å²) in [6.45, 7) is 0.589. The van der Waals surface area contributed by atoms with Crippen LogP contribution in [0.1, 0.15) is 6.42 Å². The number of aromatic nitrogens is 2. The predicted octanol–water partition coefficient (Wildman–Crippen LogP) is 0.429. The third-order valence-corrected chi connectivity index (χ3v) is 4.74. The molecule has 0 aliphatic carbocycles. The summed E-state index contributed by atoms with van der Waals surface area (Å²) in [5.41, 5.74) is 0. The van der Waals surface area contributed by atoms with Crippen molar-refractivity contribution in [2.24, 2.45) is 0 Å². The molecule has 0 spiro atoms. The van der Waals surface area contributed by atoms with Crippen LogP contribution in [0.2, 0.25) is 0 Å². The molecule has 1 N–H and O–H groups in total. The lowest BCUT2D eigenvalue weighted by Gasteiger charge is -2.18. The predicted molar refractivity (Wildman–Crippen MR) is 64.5 cm³/mol. The molecule has 1 aliphatic rings. The fourth-order valence-electron chi connectivity index (χ4n) is 1.96. The molecular weight excluding hydrogens is 297 g/mol. The van der Waals surface area contributed by atoms with Crippen molar-refractivity contribution in [1.29, 1.82) is 0 Å². The zero-order valence-electron chi connectivity index (χ0n) is 10.6. The van der Waals surface area contributed by atoms with Gasteiger partial charge in [-0.3, -0.25) is 4.68 Å². The Hall–Kier alpha value is -1.13. The first-order chi connectivity index (χ1) is 9.29. The molecule has 6 nitrogen and oxygen atoms in total. The Balaban J connectivity index is 2.17. The van der Waals surface area contributed by atoms with Gasteiger partial charge in [-0.2, -0.15) is 22.6 Å². The van der Waals surface area contributed by atoms with Crippen molar-refractivity contribution >= 4 is 10.0 Å². The van der Waals surface area contributed by atoms with Gasteiger partial charge in [0.05, 0.1) is 6.20 Å². The minimum Gasteiger partial charge on any atom is -0.315 e. The molecule has 2 rings (SSSR count). The minimum atomic E-state index is -4.43. The van der Waals surface area contributed by atoms with Crippen LogP contribution in [0, 0.1) is 0 Å². The summed E-state index contributed by atoms with van der Waals surface area (Å²) < 4.78 is 63.1. The lowest BCUT2D eigenvalue weighted by molar-refractivity contribution is -0.142. The van der Waals surface area contributed by atoms with Gasteiger partial charge in [0.15, 0.2) is 0 Å². The molecule has 2 heterocycles. The van der Waals surface area contributed by atoms with Crippen molar-refractivity contribution in [1.82, 2.24) is 19.4 Å². The summed E-state index contributed by atoms with van der Waals surface area (Å²) >= 11 is 0. The molecule has 0 amide bonds. The van der Waals surface area contributed by atoms with E-state index >= 15 is 0 Å². The number of nitrogens with zero attached hydrogens (tertiary/aromatic N) is 3. The Bertz CT molecular complexity index is 547. The van der Waals surface area contributed by atoms with Crippen LogP contribution in [0.4, 0.5) is 13.2 Å². The van der Waals surface area contributed by atoms with Gasteiger partial charge in [-0.15, -0.1) is 0 Å². The Labute approximate surface area is 114 Å². The molecule has 0 saturated carbocycles. The van der Waals surface area contributed by atoms with E-state index in [-0.39, 0.29) is 4.90 Å². The second kappa shape index (κ2) is 5.70. The second-order valence-electron chi connectivity index (χ2n) is 4.50. The molecule has 0 bridgehead atoms. The van der Waals surface area contributed by atoms with Gasteiger partial charge in [0, 0.05) is 25.8 Å². The van der Waals surface area contributed by atoms with Gasteiger partial charge in [0.1, 0.15) is 11.4 Å². The molecule has 1 fully saturated rings. The standard InChI is InChI=1S/C10H15F3N4O2S/c11-10(12,13)8-16-7-9(6-15-16)20(18,19)17-4-1-2-14-3-5-17/h6-7,14H,1-5,8H2. The maximum absolute atomic E-state index is 12.3. The number of halogens is 3. The van der Waals surface area contributed by atoms with E-state index in [1.165, 1.54) is 4.31 Å². The highest BCUT2D eigenvalue weighted by atomic mass is 32.2. The average molecular weight is 312 g/mol. The Morgan fingerprint density at radius 1 is 1.30 bits per heavy atom. The molecule has 10 heteroatoms. The van der Waals surface area contributed by atoms with Crippen molar-refractivity contribution in [2.75, 3.05) is 26.2 Å². The molecule has 1 saturated heterocycles. The van der Waals surface area contributed by atoms with E-state index in [9.17, 15) is 21.6 Å². The third-order valence-electron chi connectivity index (χ3n) is 2.89. The highest BCUT2D eigenvalue weighted by Gasteiger charge is 2.31. The van der Waals surface area contributed by atoms with Crippen LogP contribution in [0.15, 0.2) is 17.3 Å². The van der Waals surface area contributed by atoms with Crippen LogP contribution in [-0.4, -0.2) is 54.9 Å². The number of alkyl halides is 3. The molecular formula is C10H15F3N4O2S. The number of sulfonamides is 1. The maximum atomic E-state index is 12.3. The van der Waals surface area contributed by atoms with Gasteiger partial charge in [-0.05, 0) is 13.0 Å². The third kappa shape index (κ3) is 3.70. The lowest BCUT2D eigenvalue weighted by atomic mass is 10.4. The molecule has 1 aromatic heterocycles. The Morgan fingerprint density at radius 3 is 2.75 bits per heavy atom. The monoisotopic (exact) mass is 312 g/mol. The van der Waals surface area contributed by atoms with Crippen molar-refractivity contribution in [2.45, 2.75) is 24.0 Å². The fourth-order valence-corrected chi connectivity index (χ4v) is 3.39. The summed E-state index contributed by atoms with van der Waals surface area (Å²) in [6.07, 6.45) is -1.89. The van der Waals surface area contributed by atoms with Crippen molar-refractivity contribution < 1.29 is 21.6 Å². The Morgan fingerprint density at radius 2 is 2.05 bits per heavy atom. The smallest absolute Gasteiger partial charge is 0.315 e. The quantitative estimate of drug-likeness (QED) is 0.879. The first-order valence-corrected chi connectivity index (χ1v) is 7.53. The first kappa shape index (κ1) is 15.3. The number of hydrogen-bond donors (Lipinski definition) is 1. The van der Waals surface area contributed by atoms with Gasteiger partial charge in [0.25, 0.3) is 0 Å². The zero-order valence-corrected chi connectivity index (χ0v) is 11.4. The van der Waals surface area contributed by atoms with Crippen molar-refractivity contribution in [3.63, 3.8) is 0 Å². The van der Waals surface area contributed by atoms with Crippen LogP contribution in [0.3, 0.4) is 0 Å². The highest BCUT2D eigenvalue weighted by molar-refractivity contribution is 7.89. The van der Waals surface area contributed by atoms with Crippen molar-refractivity contribution in [3.05, 3.63) is 12.4 Å². The van der Waals surface area contributed by atoms with Gasteiger partial charge in [0.2, 0.25) is 10.0 Å². The molecule has 20 heavy (non-hydrogen) atoms. The summed E-state index contributed by atoms with van der Waals surface area (Å²) in [7, 11) is -3.78. The van der Waals surface area contributed by atoms with Crippen LogP contribution < -0.4 is 5.32 Å². The minimum absolute atomic E-state index is 0.205. The molecule has 0 atom stereocenters. The number of nitrogens with one attached hydrogen (secondary N) is 1.